The Morgan fingerprint density at radius 1 is 1.16 bits per heavy atom. The molecular weight excluding hydrogens is 447 g/mol. The van der Waals surface area contributed by atoms with E-state index in [2.05, 4.69) is 38.8 Å². The monoisotopic (exact) mass is 480 g/mol. The third-order valence-corrected chi connectivity index (χ3v) is 5.16. The van der Waals surface area contributed by atoms with Gasteiger partial charge in [-0.3, -0.25) is 4.99 Å². The topological polar surface area (TPSA) is 61.0 Å². The normalized spacial score (nSPS) is 15.6. The summed E-state index contributed by atoms with van der Waals surface area (Å²) in [6, 6.07) is 0. The maximum atomic E-state index is 6.15. The fourth-order valence-corrected chi connectivity index (χ4v) is 3.56. The second kappa shape index (κ2) is 12.7. The van der Waals surface area contributed by atoms with E-state index < -0.39 is 0 Å². The predicted molar refractivity (Wildman–Crippen MR) is 119 cm³/mol. The van der Waals surface area contributed by atoms with Crippen molar-refractivity contribution in [1.29, 1.82) is 0 Å². The van der Waals surface area contributed by atoms with Crippen molar-refractivity contribution >= 4 is 46.4 Å². The predicted octanol–water partition coefficient (Wildman–Crippen LogP) is 2.71. The summed E-state index contributed by atoms with van der Waals surface area (Å²) in [5.74, 6) is 0.710. The Hall–Kier alpha value is -0.610. The van der Waals surface area contributed by atoms with Crippen LogP contribution in [0.15, 0.2) is 16.6 Å². The molecule has 25 heavy (non-hydrogen) atoms. The van der Waals surface area contributed by atoms with E-state index >= 15 is 0 Å². The molecule has 1 saturated heterocycles. The van der Waals surface area contributed by atoms with Crippen molar-refractivity contribution < 1.29 is 0 Å². The number of guanidine groups is 1. The van der Waals surface area contributed by atoms with E-state index in [0.717, 1.165) is 44.3 Å². The molecule has 2 rings (SSSR count). The molecule has 2 heterocycles. The molecule has 1 aromatic heterocycles. The number of rotatable bonds is 9. The molecule has 0 amide bonds. The van der Waals surface area contributed by atoms with Gasteiger partial charge < -0.3 is 20.4 Å². The number of unbranched alkanes of at least 4 members (excludes halogenated alkanes) is 4. The van der Waals surface area contributed by atoms with Crippen LogP contribution in [0.4, 0.5) is 5.13 Å². The number of piperazine rings is 1. The van der Waals surface area contributed by atoms with E-state index in [-0.39, 0.29) is 24.0 Å². The van der Waals surface area contributed by atoms with Crippen LogP contribution in [0, 0.1) is 0 Å². The number of hydrogen-bond acceptors (Lipinski definition) is 5. The summed E-state index contributed by atoms with van der Waals surface area (Å²) < 4.78 is 0. The van der Waals surface area contributed by atoms with Crippen LogP contribution >= 0.6 is 35.3 Å². The number of hydrogen-bond donors (Lipinski definition) is 1. The highest BCUT2D eigenvalue weighted by Crippen LogP contribution is 2.18. The van der Waals surface area contributed by atoms with Gasteiger partial charge in [-0.05, 0) is 33.5 Å². The van der Waals surface area contributed by atoms with E-state index in [1.165, 1.54) is 32.2 Å². The molecule has 144 valence electrons. The number of thiazole rings is 1. The summed E-state index contributed by atoms with van der Waals surface area (Å²) in [6.07, 6.45) is 8.17. The average Bonchev–Trinajstić information content (AvgIpc) is 3.11. The van der Waals surface area contributed by atoms with Crippen LogP contribution in [0.1, 0.15) is 32.1 Å². The zero-order valence-corrected chi connectivity index (χ0v) is 18.7. The van der Waals surface area contributed by atoms with Crippen LogP contribution in [-0.4, -0.2) is 74.1 Å². The molecule has 0 unspecified atom stereocenters. The average molecular weight is 480 g/mol. The van der Waals surface area contributed by atoms with Gasteiger partial charge in [0.15, 0.2) is 11.1 Å². The molecule has 0 atom stereocenters. The van der Waals surface area contributed by atoms with Gasteiger partial charge in [-0.1, -0.05) is 19.3 Å². The fraction of sp³-hybridized carbons (Fsp3) is 0.765. The van der Waals surface area contributed by atoms with Crippen molar-refractivity contribution in [2.24, 2.45) is 10.7 Å². The minimum atomic E-state index is 0. The lowest BCUT2D eigenvalue weighted by molar-refractivity contribution is 0.380. The lowest BCUT2D eigenvalue weighted by atomic mass is 10.1. The largest absolute Gasteiger partial charge is 0.370 e. The fourth-order valence-electron chi connectivity index (χ4n) is 2.86. The SMILES string of the molecule is CN(C)CCCCCCCN=C(N)N1CCN(c2nccs2)CC1.I. The lowest BCUT2D eigenvalue weighted by Gasteiger charge is -2.35. The molecule has 8 heteroatoms. The molecular formula is C17H33IN6S. The Kier molecular flexibility index (Phi) is 11.4. The minimum absolute atomic E-state index is 0. The van der Waals surface area contributed by atoms with Gasteiger partial charge in [0.1, 0.15) is 0 Å². The van der Waals surface area contributed by atoms with Crippen molar-refractivity contribution in [1.82, 2.24) is 14.8 Å². The molecule has 1 aromatic rings. The summed E-state index contributed by atoms with van der Waals surface area (Å²) in [5.41, 5.74) is 6.15. The molecule has 6 nitrogen and oxygen atoms in total. The van der Waals surface area contributed by atoms with Crippen molar-refractivity contribution in [2.45, 2.75) is 32.1 Å². The number of halogens is 1. The molecule has 1 aliphatic rings. The van der Waals surface area contributed by atoms with Crippen LogP contribution in [-0.2, 0) is 0 Å². The first-order valence-electron chi connectivity index (χ1n) is 9.01. The van der Waals surface area contributed by atoms with Crippen molar-refractivity contribution in [3.05, 3.63) is 11.6 Å². The van der Waals surface area contributed by atoms with Gasteiger partial charge in [-0.15, -0.1) is 35.3 Å². The van der Waals surface area contributed by atoms with E-state index in [4.69, 9.17) is 5.73 Å². The first-order chi connectivity index (χ1) is 11.7. The number of anilines is 1. The molecule has 0 aromatic carbocycles. The molecule has 0 radical (unpaired) electrons. The Bertz CT molecular complexity index is 471. The molecule has 1 aliphatic heterocycles. The van der Waals surface area contributed by atoms with Gasteiger partial charge in [0, 0.05) is 44.3 Å². The molecule has 0 saturated carbocycles. The van der Waals surface area contributed by atoms with Crippen molar-refractivity contribution in [3.63, 3.8) is 0 Å². The summed E-state index contributed by atoms with van der Waals surface area (Å²) in [4.78, 5) is 15.7. The standard InChI is InChI=1S/C17H32N6S.HI/c1-21(2)10-7-5-3-4-6-8-19-16(18)22-11-13-23(14-12-22)17-20-9-15-24-17;/h9,15H,3-8,10-14H2,1-2H3,(H2,18,19);1H. The van der Waals surface area contributed by atoms with Crippen LogP contribution in [0.2, 0.25) is 0 Å². The number of aromatic nitrogens is 1. The number of nitrogens with zero attached hydrogens (tertiary/aromatic N) is 5. The molecule has 2 N–H and O–H groups in total. The highest BCUT2D eigenvalue weighted by molar-refractivity contribution is 14.0. The summed E-state index contributed by atoms with van der Waals surface area (Å²) in [5, 5.41) is 3.14. The molecule has 0 aliphatic carbocycles. The van der Waals surface area contributed by atoms with Crippen molar-refractivity contribution in [3.8, 4) is 0 Å². The van der Waals surface area contributed by atoms with E-state index in [9.17, 15) is 0 Å². The summed E-state index contributed by atoms with van der Waals surface area (Å²) in [6.45, 7) is 5.84. The molecule has 0 bridgehead atoms. The third kappa shape index (κ3) is 8.54. The Labute approximate surface area is 173 Å². The second-order valence-electron chi connectivity index (χ2n) is 6.60. The first-order valence-corrected chi connectivity index (χ1v) is 9.89. The van der Waals surface area contributed by atoms with Crippen LogP contribution in [0.5, 0.6) is 0 Å². The Morgan fingerprint density at radius 2 is 1.84 bits per heavy atom. The quantitative estimate of drug-likeness (QED) is 0.255. The molecule has 1 fully saturated rings. The van der Waals surface area contributed by atoms with Crippen LogP contribution in [0.3, 0.4) is 0 Å². The van der Waals surface area contributed by atoms with Gasteiger partial charge in [-0.2, -0.15) is 0 Å². The highest BCUT2D eigenvalue weighted by Gasteiger charge is 2.19. The van der Waals surface area contributed by atoms with Gasteiger partial charge in [0.2, 0.25) is 0 Å². The second-order valence-corrected chi connectivity index (χ2v) is 7.47. The maximum absolute atomic E-state index is 6.15. The van der Waals surface area contributed by atoms with Crippen LogP contribution in [0.25, 0.3) is 0 Å². The van der Waals surface area contributed by atoms with Gasteiger partial charge in [-0.25, -0.2) is 4.98 Å². The third-order valence-electron chi connectivity index (χ3n) is 4.33. The van der Waals surface area contributed by atoms with Gasteiger partial charge in [0.05, 0.1) is 0 Å². The summed E-state index contributed by atoms with van der Waals surface area (Å²) in [7, 11) is 4.27. The number of nitrogens with two attached hydrogens (primary N) is 1. The number of aliphatic imine (C=N–C) groups is 1. The zero-order chi connectivity index (χ0) is 17.2. The maximum Gasteiger partial charge on any atom is 0.191 e. The van der Waals surface area contributed by atoms with Crippen molar-refractivity contribution in [2.75, 3.05) is 58.3 Å². The van der Waals surface area contributed by atoms with E-state index in [1.807, 2.05) is 11.6 Å². The van der Waals surface area contributed by atoms with Gasteiger partial charge in [0.25, 0.3) is 0 Å². The summed E-state index contributed by atoms with van der Waals surface area (Å²) >= 11 is 1.70. The Morgan fingerprint density at radius 3 is 2.48 bits per heavy atom. The first kappa shape index (κ1) is 22.4. The zero-order valence-electron chi connectivity index (χ0n) is 15.6. The van der Waals surface area contributed by atoms with E-state index in [0.29, 0.717) is 5.96 Å². The minimum Gasteiger partial charge on any atom is -0.370 e. The highest BCUT2D eigenvalue weighted by atomic mass is 127. The van der Waals surface area contributed by atoms with Crippen LogP contribution < -0.4 is 10.6 Å². The Balaban J connectivity index is 0.00000312. The lowest BCUT2D eigenvalue weighted by Crippen LogP contribution is -2.51. The smallest absolute Gasteiger partial charge is 0.191 e. The molecule has 0 spiro atoms. The van der Waals surface area contributed by atoms with E-state index in [1.54, 1.807) is 11.3 Å². The van der Waals surface area contributed by atoms with Gasteiger partial charge >= 0.3 is 0 Å².